The van der Waals surface area contributed by atoms with Crippen molar-refractivity contribution in [2.45, 2.75) is 26.2 Å². The van der Waals surface area contributed by atoms with Gasteiger partial charge in [0, 0.05) is 13.7 Å². The van der Waals surface area contributed by atoms with E-state index in [1.807, 2.05) is 6.92 Å². The van der Waals surface area contributed by atoms with E-state index in [1.165, 1.54) is 0 Å². The Morgan fingerprint density at radius 2 is 2.27 bits per heavy atom. The van der Waals surface area contributed by atoms with E-state index in [1.54, 1.807) is 7.11 Å². The second-order valence-electron chi connectivity index (χ2n) is 2.71. The van der Waals surface area contributed by atoms with Gasteiger partial charge in [0.15, 0.2) is 0 Å². The first-order valence-electron chi connectivity index (χ1n) is 3.91. The van der Waals surface area contributed by atoms with Gasteiger partial charge in [0.1, 0.15) is 0 Å². The third-order valence-electron chi connectivity index (χ3n) is 1.56. The smallest absolute Gasteiger partial charge is 0.303 e. The van der Waals surface area contributed by atoms with Gasteiger partial charge in [0.25, 0.3) is 0 Å². The maximum atomic E-state index is 10.3. The summed E-state index contributed by atoms with van der Waals surface area (Å²) in [4.78, 5) is 10.3. The molecule has 3 heteroatoms. The number of aliphatic carboxylic acids is 1. The van der Waals surface area contributed by atoms with Crippen LogP contribution >= 0.6 is 0 Å². The molecule has 0 aliphatic heterocycles. The Bertz CT molecular complexity index is 106. The molecule has 0 aromatic carbocycles. The lowest BCUT2D eigenvalue weighted by molar-refractivity contribution is -0.138. The number of ether oxygens (including phenoxy) is 1. The van der Waals surface area contributed by atoms with Gasteiger partial charge in [-0.15, -0.1) is 0 Å². The molecule has 0 heterocycles. The van der Waals surface area contributed by atoms with E-state index < -0.39 is 5.97 Å². The van der Waals surface area contributed by atoms with Crippen LogP contribution in [-0.2, 0) is 9.53 Å². The van der Waals surface area contributed by atoms with Crippen molar-refractivity contribution in [3.63, 3.8) is 0 Å². The maximum Gasteiger partial charge on any atom is 0.303 e. The minimum Gasteiger partial charge on any atom is -0.481 e. The molecule has 66 valence electrons. The highest BCUT2D eigenvalue weighted by Gasteiger charge is 2.11. The second kappa shape index (κ2) is 6.16. The van der Waals surface area contributed by atoms with Gasteiger partial charge < -0.3 is 9.84 Å². The van der Waals surface area contributed by atoms with E-state index in [2.05, 4.69) is 0 Å². The quantitative estimate of drug-likeness (QED) is 0.640. The molecule has 0 fully saturated rings. The van der Waals surface area contributed by atoms with Crippen LogP contribution in [0, 0.1) is 5.92 Å². The molecule has 3 nitrogen and oxygen atoms in total. The predicted octanol–water partition coefficient (Wildman–Crippen LogP) is 1.52. The number of hydrogen-bond acceptors (Lipinski definition) is 2. The molecule has 0 radical (unpaired) electrons. The summed E-state index contributed by atoms with van der Waals surface area (Å²) in [6.07, 6.45) is 2.17. The summed E-state index contributed by atoms with van der Waals surface area (Å²) >= 11 is 0. The van der Waals surface area contributed by atoms with E-state index in [-0.39, 0.29) is 12.3 Å². The summed E-state index contributed by atoms with van der Waals surface area (Å²) in [5, 5.41) is 8.48. The SMILES string of the molecule is CCCC(COC)CC(=O)O. The van der Waals surface area contributed by atoms with Crippen molar-refractivity contribution in [2.24, 2.45) is 5.92 Å². The highest BCUT2D eigenvalue weighted by atomic mass is 16.5. The first kappa shape index (κ1) is 10.4. The molecule has 1 unspecified atom stereocenters. The summed E-state index contributed by atoms with van der Waals surface area (Å²) in [5.74, 6) is -0.553. The van der Waals surface area contributed by atoms with Gasteiger partial charge in [-0.3, -0.25) is 4.79 Å². The number of carboxylic acids is 1. The largest absolute Gasteiger partial charge is 0.481 e. The molecule has 0 saturated heterocycles. The summed E-state index contributed by atoms with van der Waals surface area (Å²) in [7, 11) is 1.60. The Labute approximate surface area is 67.4 Å². The van der Waals surface area contributed by atoms with E-state index in [9.17, 15) is 4.79 Å². The van der Waals surface area contributed by atoms with Crippen LogP contribution in [0.4, 0.5) is 0 Å². The van der Waals surface area contributed by atoms with Gasteiger partial charge in [-0.25, -0.2) is 0 Å². The number of methoxy groups -OCH3 is 1. The Morgan fingerprint density at radius 3 is 2.64 bits per heavy atom. The zero-order valence-corrected chi connectivity index (χ0v) is 7.17. The van der Waals surface area contributed by atoms with E-state index in [4.69, 9.17) is 9.84 Å². The van der Waals surface area contributed by atoms with Crippen molar-refractivity contribution < 1.29 is 14.6 Å². The third-order valence-corrected chi connectivity index (χ3v) is 1.56. The number of rotatable bonds is 6. The molecule has 0 aromatic heterocycles. The van der Waals surface area contributed by atoms with Crippen molar-refractivity contribution in [3.8, 4) is 0 Å². The third kappa shape index (κ3) is 5.85. The van der Waals surface area contributed by atoms with Crippen molar-refractivity contribution in [2.75, 3.05) is 13.7 Å². The Hall–Kier alpha value is -0.570. The molecular weight excluding hydrogens is 144 g/mol. The first-order chi connectivity index (χ1) is 5.20. The normalized spacial score (nSPS) is 12.9. The lowest BCUT2D eigenvalue weighted by Crippen LogP contribution is -2.12. The molecule has 1 N–H and O–H groups in total. The van der Waals surface area contributed by atoms with Crippen LogP contribution in [0.3, 0.4) is 0 Å². The number of carboxylic acid groups (broad SMARTS) is 1. The molecule has 11 heavy (non-hydrogen) atoms. The molecule has 0 spiro atoms. The molecule has 1 atom stereocenters. The zero-order chi connectivity index (χ0) is 8.69. The Kier molecular flexibility index (Phi) is 5.84. The Morgan fingerprint density at radius 1 is 1.64 bits per heavy atom. The average molecular weight is 160 g/mol. The monoisotopic (exact) mass is 160 g/mol. The van der Waals surface area contributed by atoms with Gasteiger partial charge in [0.05, 0.1) is 6.42 Å². The van der Waals surface area contributed by atoms with Crippen molar-refractivity contribution in [3.05, 3.63) is 0 Å². The van der Waals surface area contributed by atoms with E-state index in [0.29, 0.717) is 6.61 Å². The fraction of sp³-hybridized carbons (Fsp3) is 0.875. The standard InChI is InChI=1S/C8H16O3/c1-3-4-7(6-11-2)5-8(9)10/h7H,3-6H2,1-2H3,(H,9,10). The topological polar surface area (TPSA) is 46.5 Å². The minimum atomic E-state index is -0.736. The summed E-state index contributed by atoms with van der Waals surface area (Å²) in [6.45, 7) is 2.60. The Balaban J connectivity index is 3.59. The van der Waals surface area contributed by atoms with Crippen LogP contribution in [0.1, 0.15) is 26.2 Å². The molecule has 0 aliphatic carbocycles. The van der Waals surface area contributed by atoms with E-state index >= 15 is 0 Å². The fourth-order valence-corrected chi connectivity index (χ4v) is 1.14. The van der Waals surface area contributed by atoms with Crippen LogP contribution in [0.25, 0.3) is 0 Å². The predicted molar refractivity (Wildman–Crippen MR) is 42.5 cm³/mol. The highest BCUT2D eigenvalue weighted by Crippen LogP contribution is 2.10. The van der Waals surface area contributed by atoms with Crippen molar-refractivity contribution in [1.29, 1.82) is 0 Å². The molecular formula is C8H16O3. The van der Waals surface area contributed by atoms with Crippen LogP contribution in [-0.4, -0.2) is 24.8 Å². The second-order valence-corrected chi connectivity index (χ2v) is 2.71. The lowest BCUT2D eigenvalue weighted by atomic mass is 10.0. The van der Waals surface area contributed by atoms with Crippen LogP contribution in [0.5, 0.6) is 0 Å². The van der Waals surface area contributed by atoms with Crippen LogP contribution in [0.2, 0.25) is 0 Å². The number of hydrogen-bond donors (Lipinski definition) is 1. The van der Waals surface area contributed by atoms with Gasteiger partial charge >= 0.3 is 5.97 Å². The first-order valence-corrected chi connectivity index (χ1v) is 3.91. The van der Waals surface area contributed by atoms with Crippen LogP contribution in [0.15, 0.2) is 0 Å². The molecule has 0 bridgehead atoms. The number of carbonyl (C=O) groups is 1. The van der Waals surface area contributed by atoms with E-state index in [0.717, 1.165) is 12.8 Å². The molecule has 0 amide bonds. The summed E-state index contributed by atoms with van der Waals surface area (Å²) in [5.41, 5.74) is 0. The zero-order valence-electron chi connectivity index (χ0n) is 7.17. The van der Waals surface area contributed by atoms with Crippen molar-refractivity contribution in [1.82, 2.24) is 0 Å². The van der Waals surface area contributed by atoms with Gasteiger partial charge in [-0.05, 0) is 12.3 Å². The molecule has 0 aromatic rings. The van der Waals surface area contributed by atoms with Crippen molar-refractivity contribution >= 4 is 5.97 Å². The van der Waals surface area contributed by atoms with Crippen LogP contribution < -0.4 is 0 Å². The lowest BCUT2D eigenvalue weighted by Gasteiger charge is -2.11. The molecule has 0 aliphatic rings. The summed E-state index contributed by atoms with van der Waals surface area (Å²) < 4.78 is 4.89. The van der Waals surface area contributed by atoms with Gasteiger partial charge in [-0.2, -0.15) is 0 Å². The maximum absolute atomic E-state index is 10.3. The minimum absolute atomic E-state index is 0.183. The highest BCUT2D eigenvalue weighted by molar-refractivity contribution is 5.67. The summed E-state index contributed by atoms with van der Waals surface area (Å²) in [6, 6.07) is 0. The fourth-order valence-electron chi connectivity index (χ4n) is 1.14. The average Bonchev–Trinajstić information content (AvgIpc) is 1.87. The molecule has 0 saturated carbocycles. The molecule has 0 rings (SSSR count). The van der Waals surface area contributed by atoms with Gasteiger partial charge in [-0.1, -0.05) is 13.3 Å². The van der Waals surface area contributed by atoms with Gasteiger partial charge in [0.2, 0.25) is 0 Å².